The number of aryl methyl sites for hydroxylation is 1. The fraction of sp³-hybridized carbons (Fsp3) is 0.200. The van der Waals surface area contributed by atoms with E-state index in [1.807, 2.05) is 67.6 Å². The molecular formula is C25H21ClN4O2S. The zero-order valence-corrected chi connectivity index (χ0v) is 19.5. The first-order valence-corrected chi connectivity index (χ1v) is 11.8. The van der Waals surface area contributed by atoms with Crippen LogP contribution >= 0.6 is 22.9 Å². The Morgan fingerprint density at radius 2 is 1.94 bits per heavy atom. The molecule has 0 saturated carbocycles. The molecule has 0 radical (unpaired) electrons. The number of nitrogens with zero attached hydrogens (tertiary/aromatic N) is 4. The van der Waals surface area contributed by atoms with Gasteiger partial charge in [-0.3, -0.25) is 19.5 Å². The molecule has 2 aromatic carbocycles. The molecule has 0 N–H and O–H groups in total. The fourth-order valence-corrected chi connectivity index (χ4v) is 5.37. The summed E-state index contributed by atoms with van der Waals surface area (Å²) < 4.78 is 0.846. The second kappa shape index (κ2) is 8.92. The first-order chi connectivity index (χ1) is 16.0. The van der Waals surface area contributed by atoms with Gasteiger partial charge in [-0.25, -0.2) is 4.98 Å². The molecule has 1 unspecified atom stereocenters. The molecule has 4 aromatic rings. The van der Waals surface area contributed by atoms with E-state index in [0.717, 1.165) is 27.2 Å². The number of carbonyl (C=O) groups excluding carboxylic acids is 2. The summed E-state index contributed by atoms with van der Waals surface area (Å²) in [5.41, 5.74) is 3.33. The van der Waals surface area contributed by atoms with E-state index in [4.69, 9.17) is 16.6 Å². The van der Waals surface area contributed by atoms with Gasteiger partial charge in [0.15, 0.2) is 5.13 Å². The number of rotatable bonds is 5. The van der Waals surface area contributed by atoms with Gasteiger partial charge in [0.2, 0.25) is 11.8 Å². The van der Waals surface area contributed by atoms with Gasteiger partial charge < -0.3 is 4.90 Å². The summed E-state index contributed by atoms with van der Waals surface area (Å²) in [5.74, 6) is -0.661. The first-order valence-electron chi connectivity index (χ1n) is 10.6. The number of pyridine rings is 1. The van der Waals surface area contributed by atoms with E-state index in [1.165, 1.54) is 11.3 Å². The van der Waals surface area contributed by atoms with Crippen LogP contribution in [-0.2, 0) is 16.1 Å². The smallest absolute Gasteiger partial charge is 0.234 e. The minimum absolute atomic E-state index is 0.0551. The zero-order chi connectivity index (χ0) is 22.9. The topological polar surface area (TPSA) is 66.4 Å². The molecule has 1 fully saturated rings. The molecule has 1 aliphatic rings. The molecule has 5 rings (SSSR count). The predicted octanol–water partition coefficient (Wildman–Crippen LogP) is 5.24. The molecule has 1 aliphatic heterocycles. The Hall–Kier alpha value is -3.29. The van der Waals surface area contributed by atoms with Crippen molar-refractivity contribution in [1.82, 2.24) is 9.97 Å². The molecule has 8 heteroatoms. The minimum atomic E-state index is -0.468. The van der Waals surface area contributed by atoms with Crippen LogP contribution in [0, 0.1) is 12.8 Å². The summed E-state index contributed by atoms with van der Waals surface area (Å²) >= 11 is 7.81. The van der Waals surface area contributed by atoms with Crippen LogP contribution in [0.2, 0.25) is 5.02 Å². The second-order valence-corrected chi connectivity index (χ2v) is 9.41. The molecule has 1 saturated heterocycles. The van der Waals surface area contributed by atoms with Crippen molar-refractivity contribution in [2.75, 3.05) is 16.3 Å². The van der Waals surface area contributed by atoms with E-state index in [9.17, 15) is 9.59 Å². The van der Waals surface area contributed by atoms with Crippen LogP contribution < -0.4 is 9.80 Å². The molecule has 3 heterocycles. The van der Waals surface area contributed by atoms with Crippen molar-refractivity contribution in [3.8, 4) is 0 Å². The van der Waals surface area contributed by atoms with Crippen molar-refractivity contribution in [3.05, 3.63) is 83.1 Å². The molecule has 0 bridgehead atoms. The van der Waals surface area contributed by atoms with Gasteiger partial charge in [0, 0.05) is 24.8 Å². The number of para-hydroxylation sites is 1. The number of halogens is 1. The molecule has 6 nitrogen and oxygen atoms in total. The maximum Gasteiger partial charge on any atom is 0.234 e. The highest BCUT2D eigenvalue weighted by Crippen LogP contribution is 2.37. The summed E-state index contributed by atoms with van der Waals surface area (Å²) in [6.07, 6.45) is 1.87. The normalized spacial score (nSPS) is 15.9. The lowest BCUT2D eigenvalue weighted by Gasteiger charge is -2.23. The molecule has 33 heavy (non-hydrogen) atoms. The van der Waals surface area contributed by atoms with Gasteiger partial charge in [0.1, 0.15) is 0 Å². The lowest BCUT2D eigenvalue weighted by molar-refractivity contribution is -0.124. The van der Waals surface area contributed by atoms with Crippen molar-refractivity contribution < 1.29 is 9.59 Å². The average Bonchev–Trinajstić information content (AvgIpc) is 3.46. The van der Waals surface area contributed by atoms with Crippen molar-refractivity contribution in [3.63, 3.8) is 0 Å². The largest absolute Gasteiger partial charge is 0.312 e. The summed E-state index contributed by atoms with van der Waals surface area (Å²) in [5, 5.41) is 1.17. The van der Waals surface area contributed by atoms with Crippen LogP contribution in [0.25, 0.3) is 10.2 Å². The van der Waals surface area contributed by atoms with Crippen LogP contribution in [0.4, 0.5) is 10.8 Å². The number of benzene rings is 2. The van der Waals surface area contributed by atoms with Crippen LogP contribution in [0.3, 0.4) is 0 Å². The van der Waals surface area contributed by atoms with Crippen LogP contribution in [0.5, 0.6) is 0 Å². The molecule has 1 atom stereocenters. The Kier molecular flexibility index (Phi) is 5.83. The summed E-state index contributed by atoms with van der Waals surface area (Å²) in [6, 6.07) is 18.8. The van der Waals surface area contributed by atoms with Crippen LogP contribution in [0.15, 0.2) is 66.9 Å². The van der Waals surface area contributed by atoms with E-state index in [-0.39, 0.29) is 24.8 Å². The number of carbonyl (C=O) groups is 2. The molecule has 166 valence electrons. The predicted molar refractivity (Wildman–Crippen MR) is 132 cm³/mol. The molecule has 0 spiro atoms. The van der Waals surface area contributed by atoms with Crippen molar-refractivity contribution in [2.24, 2.45) is 5.92 Å². The summed E-state index contributed by atoms with van der Waals surface area (Å²) in [6.45, 7) is 2.58. The molecular weight excluding hydrogens is 456 g/mol. The van der Waals surface area contributed by atoms with Crippen LogP contribution in [-0.4, -0.2) is 28.3 Å². The number of thiazole rings is 1. The van der Waals surface area contributed by atoms with Gasteiger partial charge in [0.25, 0.3) is 0 Å². The van der Waals surface area contributed by atoms with E-state index in [2.05, 4.69) is 4.98 Å². The Labute approximate surface area is 200 Å². The third-order valence-corrected chi connectivity index (χ3v) is 7.31. The number of fused-ring (bicyclic) bond motifs is 1. The fourth-order valence-electron chi connectivity index (χ4n) is 4.05. The number of aromatic nitrogens is 2. The minimum Gasteiger partial charge on any atom is -0.312 e. The van der Waals surface area contributed by atoms with E-state index in [1.54, 1.807) is 16.0 Å². The highest BCUT2D eigenvalue weighted by atomic mass is 35.5. The van der Waals surface area contributed by atoms with Crippen molar-refractivity contribution in [2.45, 2.75) is 19.9 Å². The lowest BCUT2D eigenvalue weighted by Crippen LogP contribution is -2.37. The molecule has 2 amide bonds. The average molecular weight is 477 g/mol. The molecule has 2 aromatic heterocycles. The van der Waals surface area contributed by atoms with Crippen LogP contribution in [0.1, 0.15) is 17.7 Å². The molecule has 0 aliphatic carbocycles. The highest BCUT2D eigenvalue weighted by Gasteiger charge is 2.38. The standard InChI is InChI=1S/C25H21ClN4O2S/c1-16-10-11-20(26)23-22(16)28-25(33-23)30(15-18-7-5-6-12-27-18)24(32)17-13-21(31)29(14-17)19-8-3-2-4-9-19/h2-12,17H,13-15H2,1H3. The van der Waals surface area contributed by atoms with E-state index >= 15 is 0 Å². The highest BCUT2D eigenvalue weighted by molar-refractivity contribution is 7.23. The Bertz CT molecular complexity index is 1290. The summed E-state index contributed by atoms with van der Waals surface area (Å²) in [4.78, 5) is 39.0. The summed E-state index contributed by atoms with van der Waals surface area (Å²) in [7, 11) is 0. The van der Waals surface area contributed by atoms with Gasteiger partial charge in [-0.15, -0.1) is 0 Å². The van der Waals surface area contributed by atoms with E-state index < -0.39 is 5.92 Å². The van der Waals surface area contributed by atoms with Gasteiger partial charge >= 0.3 is 0 Å². The van der Waals surface area contributed by atoms with Crippen molar-refractivity contribution in [1.29, 1.82) is 0 Å². The van der Waals surface area contributed by atoms with E-state index in [0.29, 0.717) is 16.7 Å². The Balaban J connectivity index is 1.50. The first kappa shape index (κ1) is 21.6. The number of amides is 2. The van der Waals surface area contributed by atoms with Gasteiger partial charge in [-0.2, -0.15) is 0 Å². The Morgan fingerprint density at radius 3 is 2.67 bits per heavy atom. The van der Waals surface area contributed by atoms with Gasteiger partial charge in [0.05, 0.1) is 33.4 Å². The van der Waals surface area contributed by atoms with Crippen molar-refractivity contribution >= 4 is 55.8 Å². The second-order valence-electron chi connectivity index (χ2n) is 8.02. The SMILES string of the molecule is Cc1ccc(Cl)c2sc(N(Cc3ccccn3)C(=O)C3CC(=O)N(c4ccccc4)C3)nc12. The quantitative estimate of drug-likeness (QED) is 0.395. The number of hydrogen-bond acceptors (Lipinski definition) is 5. The van der Waals surface area contributed by atoms with Gasteiger partial charge in [-0.1, -0.05) is 53.3 Å². The van der Waals surface area contributed by atoms with Gasteiger partial charge in [-0.05, 0) is 42.8 Å². The maximum atomic E-state index is 13.8. The number of anilines is 2. The zero-order valence-electron chi connectivity index (χ0n) is 17.9. The lowest BCUT2D eigenvalue weighted by atomic mass is 10.1. The maximum absolute atomic E-state index is 13.8. The number of hydrogen-bond donors (Lipinski definition) is 0. The third kappa shape index (κ3) is 4.21. The monoisotopic (exact) mass is 476 g/mol. The third-order valence-electron chi connectivity index (χ3n) is 5.77. The Morgan fingerprint density at radius 1 is 1.15 bits per heavy atom.